The van der Waals surface area contributed by atoms with Crippen LogP contribution in [0.15, 0.2) is 54.9 Å². The molecule has 0 amide bonds. The van der Waals surface area contributed by atoms with E-state index in [1.165, 1.54) is 14.5 Å². The van der Waals surface area contributed by atoms with E-state index in [0.717, 1.165) is 11.1 Å². The lowest BCUT2D eigenvalue weighted by atomic mass is 9.94. The lowest BCUT2D eigenvalue weighted by molar-refractivity contribution is 0.0522. The van der Waals surface area contributed by atoms with Crippen LogP contribution in [0.25, 0.3) is 10.8 Å². The third-order valence-corrected chi connectivity index (χ3v) is 5.13. The van der Waals surface area contributed by atoms with Gasteiger partial charge >= 0.3 is 0 Å². The molecule has 0 saturated carbocycles. The number of halogens is 1. The van der Waals surface area contributed by atoms with E-state index in [9.17, 15) is 0 Å². The van der Waals surface area contributed by atoms with Crippen LogP contribution in [0, 0.1) is 3.57 Å². The number of hydrogen-bond donors (Lipinski definition) is 0. The van der Waals surface area contributed by atoms with Crippen molar-refractivity contribution in [3.8, 4) is 5.75 Å². The predicted octanol–water partition coefficient (Wildman–Crippen LogP) is 5.01. The Kier molecular flexibility index (Phi) is 4.64. The highest BCUT2D eigenvalue weighted by molar-refractivity contribution is 14.1. The Morgan fingerprint density at radius 1 is 1.00 bits per heavy atom. The van der Waals surface area contributed by atoms with E-state index in [1.54, 1.807) is 7.11 Å². The average Bonchev–Trinajstić information content (AvgIpc) is 3.02. The zero-order valence-electron chi connectivity index (χ0n) is 13.5. The number of aromatic nitrogens is 1. The van der Waals surface area contributed by atoms with Gasteiger partial charge in [-0.1, -0.05) is 30.3 Å². The summed E-state index contributed by atoms with van der Waals surface area (Å²) in [6.45, 7) is 4.70. The minimum atomic E-state index is -0.137. The minimum Gasteiger partial charge on any atom is -0.467 e. The van der Waals surface area contributed by atoms with E-state index in [4.69, 9.17) is 9.47 Å². The molecular formula is C19H20INO2. The molecule has 0 radical (unpaired) electrons. The SMILES string of the molecule is COCOc1ccc(I)c2cn(C(C)(C)c3ccccc3)cc12. The molecule has 0 fully saturated rings. The second-order valence-electron chi connectivity index (χ2n) is 6.01. The summed E-state index contributed by atoms with van der Waals surface area (Å²) in [5.41, 5.74) is 1.14. The van der Waals surface area contributed by atoms with Crippen LogP contribution in [-0.4, -0.2) is 18.5 Å². The summed E-state index contributed by atoms with van der Waals surface area (Å²) >= 11 is 2.37. The lowest BCUT2D eigenvalue weighted by Gasteiger charge is -2.27. The molecule has 0 saturated heterocycles. The van der Waals surface area contributed by atoms with Crippen LogP contribution in [0.1, 0.15) is 19.4 Å². The number of rotatable bonds is 5. The molecule has 0 unspecified atom stereocenters. The predicted molar refractivity (Wildman–Crippen MR) is 102 cm³/mol. The van der Waals surface area contributed by atoms with E-state index >= 15 is 0 Å². The molecule has 120 valence electrons. The van der Waals surface area contributed by atoms with Crippen LogP contribution in [0.3, 0.4) is 0 Å². The zero-order chi connectivity index (χ0) is 16.4. The van der Waals surface area contributed by atoms with Gasteiger partial charge in [0.2, 0.25) is 0 Å². The summed E-state index contributed by atoms with van der Waals surface area (Å²) in [6.07, 6.45) is 4.36. The molecule has 0 aliphatic heterocycles. The van der Waals surface area contributed by atoms with Crippen molar-refractivity contribution in [1.29, 1.82) is 0 Å². The van der Waals surface area contributed by atoms with Crippen LogP contribution in [-0.2, 0) is 10.3 Å². The van der Waals surface area contributed by atoms with Crippen LogP contribution in [0.4, 0.5) is 0 Å². The largest absolute Gasteiger partial charge is 0.467 e. The van der Waals surface area contributed by atoms with Gasteiger partial charge in [0.15, 0.2) is 6.79 Å². The normalized spacial score (nSPS) is 11.8. The maximum absolute atomic E-state index is 5.72. The van der Waals surface area contributed by atoms with E-state index in [2.05, 4.69) is 83.7 Å². The van der Waals surface area contributed by atoms with E-state index in [1.807, 2.05) is 12.1 Å². The molecule has 0 N–H and O–H groups in total. The van der Waals surface area contributed by atoms with Crippen molar-refractivity contribution in [3.63, 3.8) is 0 Å². The summed E-state index contributed by atoms with van der Waals surface area (Å²) in [5, 5.41) is 2.31. The topological polar surface area (TPSA) is 23.4 Å². The second kappa shape index (κ2) is 6.53. The molecule has 3 rings (SSSR count). The van der Waals surface area contributed by atoms with Gasteiger partial charge < -0.3 is 14.0 Å². The first-order valence-electron chi connectivity index (χ1n) is 7.52. The van der Waals surface area contributed by atoms with Gasteiger partial charge in [0.1, 0.15) is 5.75 Å². The summed E-state index contributed by atoms with van der Waals surface area (Å²) < 4.78 is 14.2. The third kappa shape index (κ3) is 3.10. The number of methoxy groups -OCH3 is 1. The molecule has 0 aliphatic carbocycles. The molecule has 23 heavy (non-hydrogen) atoms. The molecule has 1 aromatic heterocycles. The van der Waals surface area contributed by atoms with Crippen molar-refractivity contribution in [2.75, 3.05) is 13.9 Å². The molecule has 2 aromatic carbocycles. The van der Waals surface area contributed by atoms with Gasteiger partial charge in [0, 0.05) is 33.8 Å². The van der Waals surface area contributed by atoms with E-state index in [0.29, 0.717) is 0 Å². The molecular weight excluding hydrogens is 401 g/mol. The van der Waals surface area contributed by atoms with Crippen LogP contribution < -0.4 is 4.74 Å². The van der Waals surface area contributed by atoms with Gasteiger partial charge in [-0.25, -0.2) is 0 Å². The van der Waals surface area contributed by atoms with Gasteiger partial charge in [0.25, 0.3) is 0 Å². The number of ether oxygens (including phenoxy) is 2. The monoisotopic (exact) mass is 421 g/mol. The van der Waals surface area contributed by atoms with Gasteiger partial charge in [0.05, 0.1) is 5.54 Å². The molecule has 0 spiro atoms. The Bertz CT molecular complexity index is 809. The molecule has 3 nitrogen and oxygen atoms in total. The zero-order valence-corrected chi connectivity index (χ0v) is 15.7. The van der Waals surface area contributed by atoms with Crippen LogP contribution >= 0.6 is 22.6 Å². The number of benzene rings is 2. The molecule has 0 atom stereocenters. The molecule has 1 heterocycles. The van der Waals surface area contributed by atoms with E-state index in [-0.39, 0.29) is 12.3 Å². The molecule has 3 aromatic rings. The first kappa shape index (κ1) is 16.3. The van der Waals surface area contributed by atoms with Crippen LogP contribution in [0.5, 0.6) is 5.75 Å². The van der Waals surface area contributed by atoms with Crippen molar-refractivity contribution in [2.24, 2.45) is 0 Å². The highest BCUT2D eigenvalue weighted by Crippen LogP contribution is 2.34. The summed E-state index contributed by atoms with van der Waals surface area (Å²) in [6, 6.07) is 14.6. The van der Waals surface area contributed by atoms with Crippen molar-refractivity contribution in [2.45, 2.75) is 19.4 Å². The Morgan fingerprint density at radius 3 is 2.39 bits per heavy atom. The maximum Gasteiger partial charge on any atom is 0.188 e. The van der Waals surface area contributed by atoms with Gasteiger partial charge in [-0.3, -0.25) is 0 Å². The number of fused-ring (bicyclic) bond motifs is 1. The van der Waals surface area contributed by atoms with Gasteiger partial charge in [-0.15, -0.1) is 0 Å². The highest BCUT2D eigenvalue weighted by Gasteiger charge is 2.23. The van der Waals surface area contributed by atoms with Crippen LogP contribution in [0.2, 0.25) is 0 Å². The van der Waals surface area contributed by atoms with Crippen molar-refractivity contribution in [3.05, 3.63) is 64.0 Å². The van der Waals surface area contributed by atoms with Crippen molar-refractivity contribution < 1.29 is 9.47 Å². The lowest BCUT2D eigenvalue weighted by Crippen LogP contribution is -2.26. The smallest absolute Gasteiger partial charge is 0.188 e. The average molecular weight is 421 g/mol. The fourth-order valence-electron chi connectivity index (χ4n) is 2.74. The fraction of sp³-hybridized carbons (Fsp3) is 0.263. The van der Waals surface area contributed by atoms with Gasteiger partial charge in [-0.2, -0.15) is 0 Å². The summed E-state index contributed by atoms with van der Waals surface area (Å²) in [4.78, 5) is 0. The maximum atomic E-state index is 5.72. The summed E-state index contributed by atoms with van der Waals surface area (Å²) in [5.74, 6) is 0.852. The fourth-order valence-corrected chi connectivity index (χ4v) is 3.35. The Morgan fingerprint density at radius 2 is 1.70 bits per heavy atom. The Hall–Kier alpha value is -1.53. The number of nitrogens with zero attached hydrogens (tertiary/aromatic N) is 1. The molecule has 0 bridgehead atoms. The van der Waals surface area contributed by atoms with Crippen molar-refractivity contribution in [1.82, 2.24) is 4.57 Å². The Labute approximate surface area is 150 Å². The molecule has 4 heteroatoms. The van der Waals surface area contributed by atoms with Crippen molar-refractivity contribution >= 4 is 33.4 Å². The number of hydrogen-bond acceptors (Lipinski definition) is 2. The second-order valence-corrected chi connectivity index (χ2v) is 7.18. The standard InChI is InChI=1S/C19H20INO2/c1-19(2,14-7-5-4-6-8-14)21-11-15-16(12-21)18(23-13-22-3)10-9-17(15)20/h4-12H,13H2,1-3H3. The first-order chi connectivity index (χ1) is 11.0. The van der Waals surface area contributed by atoms with Gasteiger partial charge in [-0.05, 0) is 54.1 Å². The van der Waals surface area contributed by atoms with E-state index < -0.39 is 0 Å². The summed E-state index contributed by atoms with van der Waals surface area (Å²) in [7, 11) is 1.63. The quantitative estimate of drug-likeness (QED) is 0.427. The molecule has 0 aliphatic rings. The third-order valence-electron chi connectivity index (χ3n) is 4.19. The minimum absolute atomic E-state index is 0.137. The highest BCUT2D eigenvalue weighted by atomic mass is 127. The first-order valence-corrected chi connectivity index (χ1v) is 8.60. The Balaban J connectivity index is 2.11.